The van der Waals surface area contributed by atoms with Crippen LogP contribution in [0.2, 0.25) is 5.02 Å². The Morgan fingerprint density at radius 1 is 1.53 bits per heavy atom. The summed E-state index contributed by atoms with van der Waals surface area (Å²) >= 11 is 5.95. The first-order valence-corrected chi connectivity index (χ1v) is 6.70. The van der Waals surface area contributed by atoms with Crippen LogP contribution >= 0.6 is 24.0 Å². The van der Waals surface area contributed by atoms with Gasteiger partial charge in [0, 0.05) is 25.0 Å². The summed E-state index contributed by atoms with van der Waals surface area (Å²) in [7, 11) is 0. The molecule has 6 heteroatoms. The number of carbonyl (C=O) groups excluding carboxylic acids is 1. The lowest BCUT2D eigenvalue weighted by atomic mass is 9.98. The molecule has 0 aliphatic heterocycles. The maximum atomic E-state index is 12.1. The van der Waals surface area contributed by atoms with Crippen LogP contribution in [0.4, 0.5) is 0 Å². The minimum Gasteiger partial charge on any atom is -0.348 e. The third kappa shape index (κ3) is 4.06. The number of aromatic nitrogens is 1. The molecule has 0 aromatic carbocycles. The van der Waals surface area contributed by atoms with Crippen LogP contribution in [-0.2, 0) is 0 Å². The normalized spacial score (nSPS) is 16.7. The van der Waals surface area contributed by atoms with Crippen LogP contribution in [0.1, 0.15) is 36.0 Å². The quantitative estimate of drug-likeness (QED) is 0.897. The Morgan fingerprint density at radius 2 is 2.21 bits per heavy atom. The summed E-state index contributed by atoms with van der Waals surface area (Å²) in [4.78, 5) is 16.0. The Morgan fingerprint density at radius 3 is 2.79 bits per heavy atom. The highest BCUT2D eigenvalue weighted by Gasteiger charge is 2.26. The Balaban J connectivity index is 0.00000180. The van der Waals surface area contributed by atoms with E-state index in [4.69, 9.17) is 17.3 Å². The molecule has 1 aromatic heterocycles. The van der Waals surface area contributed by atoms with Crippen LogP contribution in [0.25, 0.3) is 0 Å². The van der Waals surface area contributed by atoms with E-state index in [9.17, 15) is 4.79 Å². The number of nitrogens with zero attached hydrogens (tertiary/aromatic N) is 1. The molecule has 19 heavy (non-hydrogen) atoms. The molecule has 1 atom stereocenters. The summed E-state index contributed by atoms with van der Waals surface area (Å²) < 4.78 is 0. The number of halogens is 2. The number of pyridine rings is 1. The van der Waals surface area contributed by atoms with Gasteiger partial charge in [-0.15, -0.1) is 12.4 Å². The van der Waals surface area contributed by atoms with Crippen molar-refractivity contribution in [1.82, 2.24) is 10.3 Å². The molecule has 4 nitrogen and oxygen atoms in total. The molecule has 0 spiro atoms. The Hall–Kier alpha value is -0.840. The molecule has 0 saturated heterocycles. The number of rotatable bonds is 4. The highest BCUT2D eigenvalue weighted by Crippen LogP contribution is 2.27. The zero-order valence-corrected chi connectivity index (χ0v) is 12.2. The molecule has 3 N–H and O–H groups in total. The van der Waals surface area contributed by atoms with Crippen molar-refractivity contribution in [3.63, 3.8) is 0 Å². The van der Waals surface area contributed by atoms with Crippen molar-refractivity contribution in [3.05, 3.63) is 29.0 Å². The van der Waals surface area contributed by atoms with Crippen LogP contribution in [0, 0.1) is 5.92 Å². The summed E-state index contributed by atoms with van der Waals surface area (Å²) in [5.41, 5.74) is 6.22. The van der Waals surface area contributed by atoms with Crippen molar-refractivity contribution < 1.29 is 4.79 Å². The number of hydrogen-bond acceptors (Lipinski definition) is 3. The first-order valence-electron chi connectivity index (χ1n) is 6.33. The van der Waals surface area contributed by atoms with Crippen molar-refractivity contribution in [2.45, 2.75) is 31.7 Å². The average Bonchev–Trinajstić information content (AvgIpc) is 2.90. The number of amides is 1. The van der Waals surface area contributed by atoms with E-state index in [1.54, 1.807) is 12.3 Å². The molecule has 1 saturated carbocycles. The maximum Gasteiger partial charge on any atom is 0.253 e. The second-order valence-corrected chi connectivity index (χ2v) is 5.12. The fraction of sp³-hybridized carbons (Fsp3) is 0.538. The molecular weight excluding hydrogens is 285 g/mol. The van der Waals surface area contributed by atoms with Crippen molar-refractivity contribution in [2.24, 2.45) is 11.7 Å². The van der Waals surface area contributed by atoms with Gasteiger partial charge in [-0.2, -0.15) is 0 Å². The van der Waals surface area contributed by atoms with Gasteiger partial charge in [0.05, 0.1) is 10.6 Å². The number of carbonyl (C=O) groups is 1. The molecular formula is C13H19Cl2N3O. The summed E-state index contributed by atoms with van der Waals surface area (Å²) in [6.45, 7) is 0.471. The number of nitrogens with one attached hydrogen (secondary N) is 1. The van der Waals surface area contributed by atoms with Crippen molar-refractivity contribution >= 4 is 29.9 Å². The first kappa shape index (κ1) is 16.2. The van der Waals surface area contributed by atoms with E-state index < -0.39 is 0 Å². The minimum absolute atomic E-state index is 0. The molecule has 1 amide bonds. The first-order chi connectivity index (χ1) is 8.72. The predicted molar refractivity (Wildman–Crippen MR) is 78.8 cm³/mol. The third-order valence-electron chi connectivity index (χ3n) is 3.56. The summed E-state index contributed by atoms with van der Waals surface area (Å²) in [5.74, 6) is 0.337. The molecule has 2 rings (SSSR count). The highest BCUT2D eigenvalue weighted by atomic mass is 35.5. The summed E-state index contributed by atoms with van der Waals surface area (Å²) in [6, 6.07) is 1.67. The molecule has 1 unspecified atom stereocenters. The third-order valence-corrected chi connectivity index (χ3v) is 3.86. The van der Waals surface area contributed by atoms with Gasteiger partial charge in [0.2, 0.25) is 0 Å². The van der Waals surface area contributed by atoms with E-state index >= 15 is 0 Å². The minimum atomic E-state index is -0.162. The molecule has 1 fully saturated rings. The summed E-state index contributed by atoms with van der Waals surface area (Å²) in [5, 5.41) is 3.36. The largest absolute Gasteiger partial charge is 0.348 e. The topological polar surface area (TPSA) is 68.0 Å². The van der Waals surface area contributed by atoms with Gasteiger partial charge in [0.25, 0.3) is 5.91 Å². The van der Waals surface area contributed by atoms with Crippen LogP contribution in [0.15, 0.2) is 18.5 Å². The smallest absolute Gasteiger partial charge is 0.253 e. The molecule has 1 aliphatic rings. The molecule has 1 heterocycles. The van der Waals surface area contributed by atoms with Crippen molar-refractivity contribution in [3.8, 4) is 0 Å². The van der Waals surface area contributed by atoms with E-state index in [-0.39, 0.29) is 24.4 Å². The van der Waals surface area contributed by atoms with Crippen LogP contribution in [-0.4, -0.2) is 23.5 Å². The lowest BCUT2D eigenvalue weighted by Gasteiger charge is -2.23. The standard InChI is InChI=1S/C13H18ClN3O.ClH/c14-11-8-16-6-5-10(11)13(18)17-12(7-15)9-3-1-2-4-9;/h5-6,8-9,12H,1-4,7,15H2,(H,17,18);1H. The van der Waals surface area contributed by atoms with E-state index in [0.29, 0.717) is 23.0 Å². The van der Waals surface area contributed by atoms with Crippen LogP contribution in [0.5, 0.6) is 0 Å². The molecule has 0 radical (unpaired) electrons. The SMILES string of the molecule is Cl.NCC(NC(=O)c1ccncc1Cl)C1CCCC1. The fourth-order valence-corrected chi connectivity index (χ4v) is 2.74. The van der Waals surface area contributed by atoms with E-state index in [1.165, 1.54) is 19.0 Å². The second-order valence-electron chi connectivity index (χ2n) is 4.72. The average molecular weight is 304 g/mol. The lowest BCUT2D eigenvalue weighted by Crippen LogP contribution is -2.44. The van der Waals surface area contributed by atoms with Gasteiger partial charge >= 0.3 is 0 Å². The molecule has 106 valence electrons. The second kappa shape index (κ2) is 7.68. The van der Waals surface area contributed by atoms with E-state index in [1.807, 2.05) is 0 Å². The van der Waals surface area contributed by atoms with E-state index in [0.717, 1.165) is 12.8 Å². The van der Waals surface area contributed by atoms with Gasteiger partial charge in [-0.25, -0.2) is 0 Å². The lowest BCUT2D eigenvalue weighted by molar-refractivity contribution is 0.0924. The van der Waals surface area contributed by atoms with E-state index in [2.05, 4.69) is 10.3 Å². The van der Waals surface area contributed by atoms with Crippen LogP contribution < -0.4 is 11.1 Å². The van der Waals surface area contributed by atoms with Gasteiger partial charge in [0.1, 0.15) is 0 Å². The zero-order valence-electron chi connectivity index (χ0n) is 10.6. The number of hydrogen-bond donors (Lipinski definition) is 2. The highest BCUT2D eigenvalue weighted by molar-refractivity contribution is 6.33. The Labute approximate surface area is 124 Å². The van der Waals surface area contributed by atoms with Gasteiger partial charge in [0.15, 0.2) is 0 Å². The fourth-order valence-electron chi connectivity index (χ4n) is 2.53. The molecule has 1 aliphatic carbocycles. The van der Waals surface area contributed by atoms with Crippen molar-refractivity contribution in [2.75, 3.05) is 6.54 Å². The predicted octanol–water partition coefficient (Wildman–Crippen LogP) is 2.40. The van der Waals surface area contributed by atoms with Gasteiger partial charge in [-0.1, -0.05) is 24.4 Å². The Bertz CT molecular complexity index is 422. The monoisotopic (exact) mass is 303 g/mol. The van der Waals surface area contributed by atoms with Crippen molar-refractivity contribution in [1.29, 1.82) is 0 Å². The number of nitrogens with two attached hydrogens (primary N) is 1. The summed E-state index contributed by atoms with van der Waals surface area (Å²) in [6.07, 6.45) is 7.79. The maximum absolute atomic E-state index is 12.1. The van der Waals surface area contributed by atoms with Crippen LogP contribution in [0.3, 0.4) is 0 Å². The molecule has 0 bridgehead atoms. The van der Waals surface area contributed by atoms with Gasteiger partial charge in [-0.05, 0) is 24.8 Å². The van der Waals surface area contributed by atoms with Gasteiger partial charge in [-0.3, -0.25) is 9.78 Å². The van der Waals surface area contributed by atoms with Gasteiger partial charge < -0.3 is 11.1 Å². The molecule has 1 aromatic rings. The Kier molecular flexibility index (Phi) is 6.55. The zero-order chi connectivity index (χ0) is 13.0.